The minimum Gasteiger partial charge on any atom is -0.462 e. The number of ether oxygens (including phenoxy) is 1. The van der Waals surface area contributed by atoms with Crippen LogP contribution < -0.4 is 10.9 Å². The summed E-state index contributed by atoms with van der Waals surface area (Å²) >= 11 is 7.16. The summed E-state index contributed by atoms with van der Waals surface area (Å²) in [6.45, 7) is 7.87. The largest absolute Gasteiger partial charge is 0.462 e. The van der Waals surface area contributed by atoms with E-state index < -0.39 is 5.97 Å². The first-order chi connectivity index (χ1) is 13.3. The number of hydrogen-bond donors (Lipinski definition) is 2. The molecule has 0 aliphatic carbocycles. The van der Waals surface area contributed by atoms with E-state index in [0.717, 1.165) is 5.56 Å². The molecule has 0 aliphatic heterocycles. The lowest BCUT2D eigenvalue weighted by Crippen LogP contribution is -2.85. The predicted molar refractivity (Wildman–Crippen MR) is 111 cm³/mol. The number of fused-ring (bicyclic) bond motifs is 1. The van der Waals surface area contributed by atoms with Crippen molar-refractivity contribution in [2.24, 2.45) is 0 Å². The summed E-state index contributed by atoms with van der Waals surface area (Å²) in [7, 11) is 0. The summed E-state index contributed by atoms with van der Waals surface area (Å²) in [5, 5.41) is 3.28. The first-order valence-corrected chi connectivity index (χ1v) is 10.3. The molecular formula is C20H23ClN3O3S+. The maximum Gasteiger partial charge on any atom is 0.348 e. The highest BCUT2D eigenvalue weighted by Gasteiger charge is 2.23. The standard InChI is InChI=1S/C20H22ClN3O3S/c1-5-27-20(26)16-10(2)15-18(25)23-17(24-19(15)28-16)12(4)22-11(3)13-6-8-14(21)9-7-13/h6-9,11-12,22H,5H2,1-4H3,(H,23,24,25)/p+1/t11-,12-/m0/s1. The van der Waals surface area contributed by atoms with Crippen LogP contribution in [0.5, 0.6) is 0 Å². The second-order valence-electron chi connectivity index (χ2n) is 6.73. The van der Waals surface area contributed by atoms with E-state index in [4.69, 9.17) is 16.3 Å². The van der Waals surface area contributed by atoms with Crippen LogP contribution in [-0.2, 0) is 4.74 Å². The van der Waals surface area contributed by atoms with Crippen LogP contribution in [0.15, 0.2) is 29.1 Å². The van der Waals surface area contributed by atoms with Crippen molar-refractivity contribution in [3.05, 3.63) is 61.5 Å². The van der Waals surface area contributed by atoms with Crippen LogP contribution in [0, 0.1) is 6.92 Å². The fraction of sp³-hybridized carbons (Fsp3) is 0.350. The maximum absolute atomic E-state index is 12.6. The fourth-order valence-electron chi connectivity index (χ4n) is 3.17. The van der Waals surface area contributed by atoms with Crippen LogP contribution in [0.25, 0.3) is 10.2 Å². The molecule has 0 bridgehead atoms. The summed E-state index contributed by atoms with van der Waals surface area (Å²) in [4.78, 5) is 33.2. The lowest BCUT2D eigenvalue weighted by atomic mass is 10.1. The molecule has 2 atom stereocenters. The fourth-order valence-corrected chi connectivity index (χ4v) is 4.38. The molecule has 0 fully saturated rings. The second-order valence-corrected chi connectivity index (χ2v) is 8.16. The molecule has 148 valence electrons. The molecule has 2 heterocycles. The van der Waals surface area contributed by atoms with Crippen molar-refractivity contribution < 1.29 is 14.8 Å². The topological polar surface area (TPSA) is 88.7 Å². The monoisotopic (exact) mass is 420 g/mol. The van der Waals surface area contributed by atoms with Crippen LogP contribution in [0.2, 0.25) is 5.02 Å². The van der Waals surface area contributed by atoms with Gasteiger partial charge in [0.25, 0.3) is 5.56 Å². The lowest BCUT2D eigenvalue weighted by Gasteiger charge is -2.16. The number of hydrogen-bond acceptors (Lipinski definition) is 5. The number of aromatic nitrogens is 2. The zero-order valence-electron chi connectivity index (χ0n) is 16.2. The average molecular weight is 421 g/mol. The third kappa shape index (κ3) is 4.11. The van der Waals surface area contributed by atoms with Gasteiger partial charge in [-0.3, -0.25) is 4.79 Å². The minimum absolute atomic E-state index is 0.0729. The van der Waals surface area contributed by atoms with Gasteiger partial charge in [-0.1, -0.05) is 23.7 Å². The first-order valence-electron chi connectivity index (χ1n) is 9.12. The molecule has 0 unspecified atom stereocenters. The Hall–Kier alpha value is -2.22. The quantitative estimate of drug-likeness (QED) is 0.597. The smallest absolute Gasteiger partial charge is 0.348 e. The summed E-state index contributed by atoms with van der Waals surface area (Å²) in [5.41, 5.74) is 1.52. The summed E-state index contributed by atoms with van der Waals surface area (Å²) < 4.78 is 5.08. The molecule has 0 saturated heterocycles. The van der Waals surface area contributed by atoms with E-state index in [9.17, 15) is 9.59 Å². The third-order valence-electron chi connectivity index (χ3n) is 4.68. The van der Waals surface area contributed by atoms with Gasteiger partial charge < -0.3 is 15.0 Å². The SMILES string of the molecule is CCOC(=O)c1sc2nc([C@H](C)[NH2+][C@@H](C)c3ccc(Cl)cc3)[nH]c(=O)c2c1C. The number of H-pyrrole nitrogens is 1. The molecule has 6 nitrogen and oxygen atoms in total. The van der Waals surface area contributed by atoms with Crippen LogP contribution in [0.4, 0.5) is 0 Å². The van der Waals surface area contributed by atoms with Gasteiger partial charge in [-0.05, 0) is 45.4 Å². The van der Waals surface area contributed by atoms with Gasteiger partial charge in [0.2, 0.25) is 0 Å². The van der Waals surface area contributed by atoms with Crippen molar-refractivity contribution >= 4 is 39.1 Å². The van der Waals surface area contributed by atoms with E-state index in [1.54, 1.807) is 13.8 Å². The van der Waals surface area contributed by atoms with E-state index in [1.807, 2.05) is 31.2 Å². The highest BCUT2D eigenvalue weighted by molar-refractivity contribution is 7.20. The predicted octanol–water partition coefficient (Wildman–Crippen LogP) is 3.51. The molecule has 0 amide bonds. The Morgan fingerprint density at radius 2 is 1.96 bits per heavy atom. The van der Waals surface area contributed by atoms with Gasteiger partial charge in [0.15, 0.2) is 5.82 Å². The van der Waals surface area contributed by atoms with Gasteiger partial charge in [0.1, 0.15) is 21.8 Å². The molecule has 1 aromatic carbocycles. The van der Waals surface area contributed by atoms with Gasteiger partial charge in [-0.2, -0.15) is 0 Å². The average Bonchev–Trinajstić information content (AvgIpc) is 2.99. The van der Waals surface area contributed by atoms with Gasteiger partial charge in [-0.25, -0.2) is 9.78 Å². The number of nitrogens with one attached hydrogen (secondary N) is 1. The number of rotatable bonds is 6. The Labute approximate surface area is 171 Å². The number of esters is 1. The van der Waals surface area contributed by atoms with Crippen LogP contribution in [0.1, 0.15) is 59.5 Å². The van der Waals surface area contributed by atoms with Gasteiger partial charge in [0.05, 0.1) is 12.0 Å². The molecule has 8 heteroatoms. The number of carbonyl (C=O) groups excluding carboxylic acids is 1. The van der Waals surface area contributed by atoms with E-state index in [1.165, 1.54) is 11.3 Å². The molecule has 3 rings (SSSR count). The maximum atomic E-state index is 12.6. The van der Waals surface area contributed by atoms with E-state index in [2.05, 4.69) is 22.2 Å². The molecular weight excluding hydrogens is 398 g/mol. The van der Waals surface area contributed by atoms with E-state index in [-0.39, 0.29) is 24.2 Å². The lowest BCUT2D eigenvalue weighted by molar-refractivity contribution is -0.729. The first kappa shape index (κ1) is 20.5. The molecule has 0 saturated carbocycles. The highest BCUT2D eigenvalue weighted by Crippen LogP contribution is 2.28. The molecule has 0 radical (unpaired) electrons. The van der Waals surface area contributed by atoms with Crippen LogP contribution in [0.3, 0.4) is 0 Å². The molecule has 3 N–H and O–H groups in total. The summed E-state index contributed by atoms with van der Waals surface area (Å²) in [5.74, 6) is 0.162. The number of halogens is 1. The number of aryl methyl sites for hydroxylation is 1. The van der Waals surface area contributed by atoms with Gasteiger partial charge in [0, 0.05) is 10.6 Å². The van der Waals surface area contributed by atoms with Crippen molar-refractivity contribution in [1.29, 1.82) is 0 Å². The minimum atomic E-state index is -0.417. The van der Waals surface area contributed by atoms with E-state index in [0.29, 0.717) is 31.5 Å². The molecule has 0 spiro atoms. The van der Waals surface area contributed by atoms with Crippen molar-refractivity contribution in [2.75, 3.05) is 6.61 Å². The van der Waals surface area contributed by atoms with E-state index >= 15 is 0 Å². The number of benzene rings is 1. The number of aromatic amines is 1. The van der Waals surface area contributed by atoms with Gasteiger partial charge in [-0.15, -0.1) is 11.3 Å². The number of quaternary nitrogens is 1. The van der Waals surface area contributed by atoms with Crippen LogP contribution >= 0.6 is 22.9 Å². The molecule has 28 heavy (non-hydrogen) atoms. The number of nitrogens with zero attached hydrogens (tertiary/aromatic N) is 1. The van der Waals surface area contributed by atoms with Crippen molar-refractivity contribution in [3.8, 4) is 0 Å². The Kier molecular flexibility index (Phi) is 6.17. The van der Waals surface area contributed by atoms with Crippen molar-refractivity contribution in [2.45, 2.75) is 39.8 Å². The normalized spacial score (nSPS) is 13.5. The molecule has 2 aromatic heterocycles. The molecule has 0 aliphatic rings. The summed E-state index contributed by atoms with van der Waals surface area (Å²) in [6, 6.07) is 7.80. The number of nitrogens with two attached hydrogens (primary N) is 1. The Morgan fingerprint density at radius 1 is 1.29 bits per heavy atom. The molecule has 3 aromatic rings. The number of carbonyl (C=O) groups is 1. The zero-order chi connectivity index (χ0) is 20.4. The van der Waals surface area contributed by atoms with Crippen molar-refractivity contribution in [3.63, 3.8) is 0 Å². The van der Waals surface area contributed by atoms with Gasteiger partial charge >= 0.3 is 5.97 Å². The van der Waals surface area contributed by atoms with Crippen LogP contribution in [-0.4, -0.2) is 22.5 Å². The summed E-state index contributed by atoms with van der Waals surface area (Å²) in [6.07, 6.45) is 0. The second kappa shape index (κ2) is 8.43. The van der Waals surface area contributed by atoms with Crippen molar-refractivity contribution in [1.82, 2.24) is 9.97 Å². The highest BCUT2D eigenvalue weighted by atomic mass is 35.5. The Morgan fingerprint density at radius 3 is 2.61 bits per heavy atom. The zero-order valence-corrected chi connectivity index (χ0v) is 17.8. The Balaban J connectivity index is 1.89. The number of thiophene rings is 1. The third-order valence-corrected chi connectivity index (χ3v) is 6.10. The Bertz CT molecular complexity index is 1060.